The summed E-state index contributed by atoms with van der Waals surface area (Å²) in [5.41, 5.74) is 2.12. The van der Waals surface area contributed by atoms with Gasteiger partial charge in [-0.1, -0.05) is 45.5 Å². The minimum absolute atomic E-state index is 0.0454. The Morgan fingerprint density at radius 3 is 2.68 bits per heavy atom. The van der Waals surface area contributed by atoms with Crippen LogP contribution in [-0.2, 0) is 11.3 Å². The lowest BCUT2D eigenvalue weighted by atomic mass is 10.1. The first kappa shape index (κ1) is 20.8. The van der Waals surface area contributed by atoms with E-state index in [2.05, 4.69) is 31.0 Å². The highest BCUT2D eigenvalue weighted by Crippen LogP contribution is 2.38. The molecule has 1 amide bonds. The SMILES string of the molecule is O=C1/C(=c2\sc3nc(-c4cccnc4)nn3c2=O)c2cc(Br)ccc2N1Cc1ccccc1F. The molecule has 0 saturated heterocycles. The second-order valence-corrected chi connectivity index (χ2v) is 9.52. The fourth-order valence-electron chi connectivity index (χ4n) is 3.98. The Morgan fingerprint density at radius 1 is 1.06 bits per heavy atom. The van der Waals surface area contributed by atoms with Gasteiger partial charge in [0, 0.05) is 33.6 Å². The lowest BCUT2D eigenvalue weighted by Crippen LogP contribution is -2.32. The first-order valence-corrected chi connectivity index (χ1v) is 11.8. The molecule has 6 rings (SSSR count). The van der Waals surface area contributed by atoms with Crippen molar-refractivity contribution < 1.29 is 9.18 Å². The normalized spacial score (nSPS) is 14.8. The van der Waals surface area contributed by atoms with E-state index in [1.54, 1.807) is 54.9 Å². The van der Waals surface area contributed by atoms with E-state index in [-0.39, 0.29) is 22.6 Å². The third-order valence-corrected chi connectivity index (χ3v) is 7.09. The summed E-state index contributed by atoms with van der Waals surface area (Å²) in [6, 6.07) is 15.3. The fraction of sp³-hybridized carbons (Fsp3) is 0.0417. The number of fused-ring (bicyclic) bond motifs is 2. The first-order chi connectivity index (χ1) is 16.5. The van der Waals surface area contributed by atoms with Gasteiger partial charge in [-0.2, -0.15) is 9.50 Å². The highest BCUT2D eigenvalue weighted by Gasteiger charge is 2.35. The van der Waals surface area contributed by atoms with Crippen LogP contribution in [0.1, 0.15) is 11.1 Å². The molecule has 0 radical (unpaired) electrons. The molecule has 34 heavy (non-hydrogen) atoms. The van der Waals surface area contributed by atoms with E-state index in [9.17, 15) is 14.0 Å². The Kier molecular flexibility index (Phi) is 4.85. The number of benzene rings is 2. The summed E-state index contributed by atoms with van der Waals surface area (Å²) in [5.74, 6) is -0.380. The van der Waals surface area contributed by atoms with E-state index in [1.807, 2.05) is 6.07 Å². The molecule has 1 aliphatic rings. The number of amides is 1. The van der Waals surface area contributed by atoms with Crippen LogP contribution in [0.4, 0.5) is 10.1 Å². The maximum atomic E-state index is 14.3. The van der Waals surface area contributed by atoms with Crippen molar-refractivity contribution in [3.8, 4) is 11.4 Å². The van der Waals surface area contributed by atoms with Crippen LogP contribution in [0, 0.1) is 5.82 Å². The van der Waals surface area contributed by atoms with E-state index >= 15 is 0 Å². The third kappa shape index (κ3) is 3.25. The van der Waals surface area contributed by atoms with Crippen molar-refractivity contribution in [3.05, 3.63) is 103 Å². The number of pyridine rings is 1. The molecule has 1 aliphatic heterocycles. The highest BCUT2D eigenvalue weighted by atomic mass is 79.9. The molecule has 0 bridgehead atoms. The predicted octanol–water partition coefficient (Wildman–Crippen LogP) is 3.58. The Morgan fingerprint density at radius 2 is 1.91 bits per heavy atom. The van der Waals surface area contributed by atoms with E-state index in [1.165, 1.54) is 15.5 Å². The Labute approximate surface area is 204 Å². The lowest BCUT2D eigenvalue weighted by molar-refractivity contribution is -0.113. The van der Waals surface area contributed by atoms with Crippen molar-refractivity contribution in [2.24, 2.45) is 0 Å². The van der Waals surface area contributed by atoms with Crippen LogP contribution < -0.4 is 15.0 Å². The van der Waals surface area contributed by atoms with E-state index < -0.39 is 11.4 Å². The van der Waals surface area contributed by atoms with Gasteiger partial charge in [0.15, 0.2) is 5.82 Å². The Hall–Kier alpha value is -3.76. The Bertz CT molecular complexity index is 1720. The minimum atomic E-state index is -0.426. The zero-order chi connectivity index (χ0) is 23.4. The molecular weight excluding hydrogens is 521 g/mol. The van der Waals surface area contributed by atoms with Gasteiger partial charge in [0.05, 0.1) is 17.8 Å². The van der Waals surface area contributed by atoms with Crippen LogP contribution in [0.25, 0.3) is 21.9 Å². The smallest absolute Gasteiger partial charge is 0.291 e. The molecule has 3 aromatic heterocycles. The molecule has 0 unspecified atom stereocenters. The summed E-state index contributed by atoms with van der Waals surface area (Å²) in [6.45, 7) is 0.0454. The number of aromatic nitrogens is 4. The largest absolute Gasteiger partial charge is 0.303 e. The van der Waals surface area contributed by atoms with Crippen LogP contribution >= 0.6 is 27.3 Å². The molecule has 166 valence electrons. The zero-order valence-corrected chi connectivity index (χ0v) is 19.7. The van der Waals surface area contributed by atoms with Crippen LogP contribution in [-0.4, -0.2) is 25.5 Å². The van der Waals surface area contributed by atoms with Gasteiger partial charge in [-0.05, 0) is 36.4 Å². The van der Waals surface area contributed by atoms with E-state index in [0.29, 0.717) is 33.2 Å². The molecule has 0 N–H and O–H groups in total. The molecule has 0 fully saturated rings. The monoisotopic (exact) mass is 533 g/mol. The minimum Gasteiger partial charge on any atom is -0.303 e. The summed E-state index contributed by atoms with van der Waals surface area (Å²) in [6.07, 6.45) is 3.26. The maximum Gasteiger partial charge on any atom is 0.291 e. The van der Waals surface area contributed by atoms with Crippen LogP contribution in [0.2, 0.25) is 0 Å². The first-order valence-electron chi connectivity index (χ1n) is 10.2. The summed E-state index contributed by atoms with van der Waals surface area (Å²) < 4.78 is 16.6. The van der Waals surface area contributed by atoms with Crippen LogP contribution in [0.15, 0.2) is 76.3 Å². The van der Waals surface area contributed by atoms with Gasteiger partial charge >= 0.3 is 0 Å². The van der Waals surface area contributed by atoms with E-state index in [4.69, 9.17) is 0 Å². The van der Waals surface area contributed by atoms with Crippen molar-refractivity contribution in [2.45, 2.75) is 6.54 Å². The average Bonchev–Trinajstić information content (AvgIpc) is 3.47. The standard InChI is InChI=1S/C24H13BrFN5O2S/c25-15-7-8-18-16(10-15)19(22(32)30(18)12-14-4-1-2-6-17(14)26)20-23(33)31-24(34-20)28-21(29-31)13-5-3-9-27-11-13/h1-11H,12H2/b20-19-. The molecule has 7 nitrogen and oxygen atoms in total. The fourth-order valence-corrected chi connectivity index (χ4v) is 5.34. The van der Waals surface area contributed by atoms with Gasteiger partial charge in [0.1, 0.15) is 10.3 Å². The number of halogens is 2. The molecule has 0 aliphatic carbocycles. The second-order valence-electron chi connectivity index (χ2n) is 7.63. The van der Waals surface area contributed by atoms with Gasteiger partial charge in [-0.3, -0.25) is 14.6 Å². The quantitative estimate of drug-likeness (QED) is 0.354. The average molecular weight is 534 g/mol. The number of hydrogen-bond donors (Lipinski definition) is 0. The van der Waals surface area contributed by atoms with Gasteiger partial charge < -0.3 is 4.90 Å². The number of rotatable bonds is 3. The summed E-state index contributed by atoms with van der Waals surface area (Å²) in [5, 5.41) is 4.34. The molecule has 0 atom stereocenters. The number of carbonyl (C=O) groups excluding carboxylic acids is 1. The number of carbonyl (C=O) groups is 1. The van der Waals surface area contributed by atoms with Crippen molar-refractivity contribution in [3.63, 3.8) is 0 Å². The van der Waals surface area contributed by atoms with Gasteiger partial charge in [-0.25, -0.2) is 4.39 Å². The zero-order valence-electron chi connectivity index (χ0n) is 17.3. The van der Waals surface area contributed by atoms with Crippen molar-refractivity contribution >= 4 is 49.4 Å². The maximum absolute atomic E-state index is 14.3. The van der Waals surface area contributed by atoms with E-state index in [0.717, 1.165) is 15.8 Å². The predicted molar refractivity (Wildman–Crippen MR) is 130 cm³/mol. The number of nitrogens with zero attached hydrogens (tertiary/aromatic N) is 5. The highest BCUT2D eigenvalue weighted by molar-refractivity contribution is 9.10. The van der Waals surface area contributed by atoms with Crippen molar-refractivity contribution in [2.75, 3.05) is 4.90 Å². The molecule has 5 aromatic rings. The van der Waals surface area contributed by atoms with Gasteiger partial charge in [0.2, 0.25) is 4.96 Å². The molecule has 0 spiro atoms. The lowest BCUT2D eigenvalue weighted by Gasteiger charge is -2.17. The molecule has 2 aromatic carbocycles. The second kappa shape index (κ2) is 7.93. The summed E-state index contributed by atoms with van der Waals surface area (Å²) >= 11 is 4.55. The third-order valence-electron chi connectivity index (χ3n) is 5.57. The number of hydrogen-bond acceptors (Lipinski definition) is 6. The van der Waals surface area contributed by atoms with Crippen molar-refractivity contribution in [1.82, 2.24) is 19.6 Å². The summed E-state index contributed by atoms with van der Waals surface area (Å²) in [7, 11) is 0. The van der Waals surface area contributed by atoms with Gasteiger partial charge in [0.25, 0.3) is 11.5 Å². The van der Waals surface area contributed by atoms with Crippen LogP contribution in [0.5, 0.6) is 0 Å². The topological polar surface area (TPSA) is 80.5 Å². The molecule has 4 heterocycles. The molecular formula is C24H13BrFN5O2S. The molecule has 0 saturated carbocycles. The number of thiazole rings is 1. The summed E-state index contributed by atoms with van der Waals surface area (Å²) in [4.78, 5) is 37.3. The Balaban J connectivity index is 1.53. The number of anilines is 1. The van der Waals surface area contributed by atoms with Crippen LogP contribution in [0.3, 0.4) is 0 Å². The van der Waals surface area contributed by atoms with Gasteiger partial charge in [-0.15, -0.1) is 5.10 Å². The molecule has 10 heteroatoms. The van der Waals surface area contributed by atoms with Crippen molar-refractivity contribution in [1.29, 1.82) is 0 Å².